The summed E-state index contributed by atoms with van der Waals surface area (Å²) >= 11 is 6.47. The summed E-state index contributed by atoms with van der Waals surface area (Å²) in [5, 5.41) is 7.35. The van der Waals surface area contributed by atoms with Gasteiger partial charge in [-0.2, -0.15) is 0 Å². The summed E-state index contributed by atoms with van der Waals surface area (Å²) in [6.07, 6.45) is 24.3. The van der Waals surface area contributed by atoms with Crippen molar-refractivity contribution in [1.29, 1.82) is 0 Å². The largest absolute Gasteiger partial charge is 0.326 e. The molecule has 5 saturated carbocycles. The van der Waals surface area contributed by atoms with Crippen LogP contribution in [-0.2, 0) is 13.7 Å². The molecule has 3 heterocycles. The van der Waals surface area contributed by atoms with Gasteiger partial charge in [-0.1, -0.05) is 91.9 Å². The van der Waals surface area contributed by atoms with Gasteiger partial charge in [0.1, 0.15) is 0 Å². The molecule has 8 N–H and O–H groups in total. The average molecular weight is 1140 g/mol. The van der Waals surface area contributed by atoms with Crippen molar-refractivity contribution in [3.05, 3.63) is 10.4 Å². The van der Waals surface area contributed by atoms with Crippen LogP contribution in [0.15, 0.2) is 4.88 Å². The normalized spacial score (nSPS) is 33.3. The molecular formula is C54H116ClN14O3P3. The molecule has 8 fully saturated rings. The van der Waals surface area contributed by atoms with Crippen molar-refractivity contribution in [2.45, 2.75) is 348 Å². The molecule has 3 saturated heterocycles. The third-order valence-electron chi connectivity index (χ3n) is 17.0. The van der Waals surface area contributed by atoms with Gasteiger partial charge in [-0.05, 0) is 164 Å². The van der Waals surface area contributed by atoms with Gasteiger partial charge in [0.15, 0.2) is 0 Å². The van der Waals surface area contributed by atoms with E-state index >= 15 is 0 Å². The van der Waals surface area contributed by atoms with Crippen LogP contribution in [0.3, 0.4) is 0 Å². The number of azide groups is 1. The van der Waals surface area contributed by atoms with Gasteiger partial charge in [0, 0.05) is 122 Å². The molecule has 8 rings (SSSR count). The summed E-state index contributed by atoms with van der Waals surface area (Å²) in [5.41, 5.74) is 26.4. The van der Waals surface area contributed by atoms with Crippen LogP contribution in [0.1, 0.15) is 242 Å². The summed E-state index contributed by atoms with van der Waals surface area (Å²) < 4.78 is 61.7. The van der Waals surface area contributed by atoms with E-state index in [9.17, 15) is 13.7 Å². The Balaban J connectivity index is 0.000000256. The van der Waals surface area contributed by atoms with E-state index in [4.69, 9.17) is 36.7 Å². The first-order chi connectivity index (χ1) is 36.1. The van der Waals surface area contributed by atoms with Crippen molar-refractivity contribution in [3.63, 3.8) is 0 Å². The smallest absolute Gasteiger partial charge is 0.305 e. The first kappa shape index (κ1) is 65.7. The average Bonchev–Trinajstić information content (AvgIpc) is 3.87. The number of rotatable bonds is 11. The molecule has 10 atom stereocenters. The molecule has 0 aromatic carbocycles. The van der Waals surface area contributed by atoms with E-state index in [-0.39, 0.29) is 60.4 Å². The van der Waals surface area contributed by atoms with E-state index in [1.165, 1.54) is 77.0 Å². The third-order valence-corrected chi connectivity index (χ3v) is 26.6. The zero-order valence-electron chi connectivity index (χ0n) is 52.2. The van der Waals surface area contributed by atoms with Gasteiger partial charge in [0.05, 0.1) is 0 Å². The van der Waals surface area contributed by atoms with E-state index in [1.807, 2.05) is 37.0 Å². The lowest BCUT2D eigenvalue weighted by atomic mass is 9.89. The highest BCUT2D eigenvalue weighted by molar-refractivity contribution is 7.85. The van der Waals surface area contributed by atoms with Gasteiger partial charge in [-0.3, -0.25) is 19.2 Å². The lowest BCUT2D eigenvalue weighted by Crippen LogP contribution is -2.53. The minimum absolute atomic E-state index is 0.130. The van der Waals surface area contributed by atoms with Gasteiger partial charge in [0.2, 0.25) is 0 Å². The van der Waals surface area contributed by atoms with Gasteiger partial charge < -0.3 is 22.1 Å². The molecule has 0 radical (unpaired) electrons. The summed E-state index contributed by atoms with van der Waals surface area (Å²) in [5.74, 6) is 0. The minimum Gasteiger partial charge on any atom is -0.326 e. The Morgan fingerprint density at radius 2 is 0.707 bits per heavy atom. The molecule has 17 nitrogen and oxygen atoms in total. The Morgan fingerprint density at radius 3 is 0.947 bits per heavy atom. The zero-order chi connectivity index (χ0) is 58.3. The number of hydrogen-bond acceptors (Lipinski definition) is 7. The maximum Gasteiger partial charge on any atom is 0.305 e. The van der Waals surface area contributed by atoms with Crippen LogP contribution < -0.4 is 27.6 Å². The van der Waals surface area contributed by atoms with Gasteiger partial charge in [-0.15, -0.1) is 0 Å². The second kappa shape index (κ2) is 30.2. The maximum atomic E-state index is 13.4. The summed E-state index contributed by atoms with van der Waals surface area (Å²) in [6.45, 7) is 31.1. The Morgan fingerprint density at radius 1 is 0.467 bits per heavy atom. The van der Waals surface area contributed by atoms with E-state index < -0.39 is 22.0 Å². The van der Waals surface area contributed by atoms with Crippen LogP contribution >= 0.6 is 33.2 Å². The van der Waals surface area contributed by atoms with Crippen molar-refractivity contribution in [2.24, 2.45) is 21.9 Å². The van der Waals surface area contributed by atoms with E-state index in [0.29, 0.717) is 48.3 Å². The predicted octanol–water partition coefficient (Wildman–Crippen LogP) is 13.8. The number of nitrogens with two attached hydrogens (primary N) is 3. The van der Waals surface area contributed by atoms with Crippen molar-refractivity contribution >= 4 is 33.2 Å². The van der Waals surface area contributed by atoms with Crippen molar-refractivity contribution in [2.75, 3.05) is 0 Å². The first-order valence-corrected chi connectivity index (χ1v) is 35.9. The van der Waals surface area contributed by atoms with Crippen molar-refractivity contribution in [3.8, 4) is 0 Å². The molecule has 0 bridgehead atoms. The fraction of sp³-hybridized carbons (Fsp3) is 1.00. The summed E-state index contributed by atoms with van der Waals surface area (Å²) in [4.78, 5) is 6.66. The predicted molar refractivity (Wildman–Crippen MR) is 321 cm³/mol. The Labute approximate surface area is 466 Å². The fourth-order valence-electron chi connectivity index (χ4n) is 14.5. The molecule has 75 heavy (non-hydrogen) atoms. The number of nitrogens with one attached hydrogen (secondary N) is 2. The lowest BCUT2D eigenvalue weighted by molar-refractivity contribution is 0.173. The second-order valence-corrected chi connectivity index (χ2v) is 33.0. The molecule has 0 amide bonds. The van der Waals surface area contributed by atoms with E-state index in [1.54, 1.807) is 0 Å². The van der Waals surface area contributed by atoms with Crippen LogP contribution in [0.4, 0.5) is 0 Å². The minimum atomic E-state index is -3.13. The molecule has 0 aromatic rings. The highest BCUT2D eigenvalue weighted by Crippen LogP contribution is 2.69. The summed E-state index contributed by atoms with van der Waals surface area (Å²) in [7, 11) is -5.95. The van der Waals surface area contributed by atoms with Crippen LogP contribution in [0.2, 0.25) is 0 Å². The monoisotopic (exact) mass is 1140 g/mol. The van der Waals surface area contributed by atoms with Crippen LogP contribution in [-0.4, -0.2) is 137 Å². The van der Waals surface area contributed by atoms with Crippen LogP contribution in [0.5, 0.6) is 0 Å². The standard InChI is InChI=1S/C12H24ClN2OP.C12H24N5OP.C12H26N3OP.C12H26N2.C6H14N2.H2/c1-9(2)14-11-7-5-6-8-12(11)15(10(3)4)17(14,13)16;1-9(2)16-11-7-5-6-8-12(11)17(10(3)4)19(16,18)15-14-13;1-9(2)14-11-7-5-6-8-12(11)15(10(3)4)17(14,13)16;1-9(2)13-11-7-5-6-8-12(11)14-10(3)4;7-5-3-1-2-4-6(5)8;/h9-12H,5-8H2,1-4H3;9-12H,5-8H2,1-4H3;9-12H,5-8H2,1-4H3,(H2,13,16);9-14H,5-8H2,1-4H3;5-6H,1-4,7-8H2;1H/t4*11-,12-;5-,6-;/m11111./s1/i;;;;;1+1D. The van der Waals surface area contributed by atoms with Gasteiger partial charge in [-0.25, -0.2) is 28.0 Å². The molecule has 0 unspecified atom stereocenters. The highest BCUT2D eigenvalue weighted by Gasteiger charge is 2.58. The van der Waals surface area contributed by atoms with Gasteiger partial charge in [0.25, 0.3) is 7.59 Å². The van der Waals surface area contributed by atoms with Crippen LogP contribution in [0.25, 0.3) is 10.4 Å². The van der Waals surface area contributed by atoms with E-state index in [2.05, 4.69) is 122 Å². The third kappa shape index (κ3) is 16.8. The molecule has 21 heteroatoms. The molecule has 5 aliphatic carbocycles. The van der Waals surface area contributed by atoms with Gasteiger partial charge >= 0.3 is 14.4 Å². The van der Waals surface area contributed by atoms with Crippen molar-refractivity contribution in [1.82, 2.24) is 38.7 Å². The molecule has 0 spiro atoms. The molecule has 0 aromatic heterocycles. The quantitative estimate of drug-likeness (QED) is 0.0562. The maximum absolute atomic E-state index is 13.4. The highest BCUT2D eigenvalue weighted by atomic mass is 35.7. The lowest BCUT2D eigenvalue weighted by Gasteiger charge is -2.35. The molecule has 442 valence electrons. The molecular weight excluding hydrogens is 1020 g/mol. The Hall–Kier alpha value is -0.150. The Bertz CT molecular complexity index is 1750. The fourth-order valence-corrected chi connectivity index (χ4v) is 24.9. The topological polar surface area (TPSA) is 222 Å². The van der Waals surface area contributed by atoms with Crippen molar-refractivity contribution < 1.29 is 16.7 Å². The molecule has 3 aliphatic heterocycles. The molecule has 8 aliphatic rings. The number of fused-ring (bicyclic) bond motifs is 3. The second-order valence-electron chi connectivity index (χ2n) is 25.6. The summed E-state index contributed by atoms with van der Waals surface area (Å²) in [6, 6.07) is 6.60. The van der Waals surface area contributed by atoms with Crippen LogP contribution in [0, 0.1) is 0 Å². The van der Waals surface area contributed by atoms with E-state index in [0.717, 1.165) is 51.4 Å². The number of halogens is 1. The first-order valence-electron chi connectivity index (χ1n) is 31.2. The SMILES string of the molecule is CC(C)N1[C@@H]2CCCC[C@H]2N(C(C)C)P1(=O)Cl.CC(C)N1[C@@H]2CCCC[C@H]2N(C(C)C)P1(=O)N=[N+]=[N-].CC(C)N1[C@@H]2CCCC[C@H]2N(C(C)C)P1(N)=O.CC(C)N[C@@H]1CCCC[C@H]1NC(C)C.N[C@@H]1CCCC[C@H]1N.[2H][2H]. The zero-order valence-corrected chi connectivity index (χ0v) is 53.7. The number of nitrogens with zero attached hydrogens (tertiary/aromatic N) is 9. The number of hydrogen-bond donors (Lipinski definition) is 5. The Kier molecular flexibility index (Phi) is 26.5.